The first kappa shape index (κ1) is 24.5. The van der Waals surface area contributed by atoms with Crippen LogP contribution in [-0.2, 0) is 19.4 Å². The monoisotopic (exact) mass is 454 g/mol. The Labute approximate surface area is 188 Å². The fourth-order valence-electron chi connectivity index (χ4n) is 5.40. The van der Waals surface area contributed by atoms with E-state index in [1.54, 1.807) is 6.92 Å². The lowest BCUT2D eigenvalue weighted by Crippen LogP contribution is -2.43. The van der Waals surface area contributed by atoms with E-state index in [4.69, 9.17) is 0 Å². The van der Waals surface area contributed by atoms with Crippen LogP contribution >= 0.6 is 0 Å². The standard InChI is InChI=1S/C24H42N2O4S/c1-3-15-26(17-19-5-6-19)24(28)20-9-11-21(12-10-20)25-23(27)16-18-7-13-22(14-8-18)31(29,30)4-2/h18-22H,3-17H2,1-2H3,(H,25,27). The van der Waals surface area contributed by atoms with Gasteiger partial charge in [0.25, 0.3) is 0 Å². The van der Waals surface area contributed by atoms with Gasteiger partial charge < -0.3 is 10.2 Å². The zero-order valence-corrected chi connectivity index (χ0v) is 20.3. The van der Waals surface area contributed by atoms with E-state index in [0.717, 1.165) is 64.0 Å². The van der Waals surface area contributed by atoms with Crippen LogP contribution in [0.2, 0.25) is 0 Å². The molecular formula is C24H42N2O4S. The zero-order valence-electron chi connectivity index (χ0n) is 19.5. The molecule has 3 saturated carbocycles. The van der Waals surface area contributed by atoms with Crippen LogP contribution < -0.4 is 5.32 Å². The molecule has 6 nitrogen and oxygen atoms in total. The molecule has 0 heterocycles. The van der Waals surface area contributed by atoms with Crippen molar-refractivity contribution in [2.24, 2.45) is 17.8 Å². The lowest BCUT2D eigenvalue weighted by atomic mass is 9.84. The van der Waals surface area contributed by atoms with E-state index < -0.39 is 9.84 Å². The van der Waals surface area contributed by atoms with Gasteiger partial charge in [-0.2, -0.15) is 0 Å². The number of nitrogens with one attached hydrogen (secondary N) is 1. The van der Waals surface area contributed by atoms with Gasteiger partial charge in [-0.15, -0.1) is 0 Å². The molecule has 3 aliphatic rings. The Bertz CT molecular complexity index is 703. The fraction of sp³-hybridized carbons (Fsp3) is 0.917. The first-order valence-corrected chi connectivity index (χ1v) is 14.3. The van der Waals surface area contributed by atoms with Crippen LogP contribution in [0.15, 0.2) is 0 Å². The molecule has 0 bridgehead atoms. The van der Waals surface area contributed by atoms with Gasteiger partial charge in [0.2, 0.25) is 11.8 Å². The van der Waals surface area contributed by atoms with Crippen LogP contribution in [-0.4, -0.2) is 55.3 Å². The Morgan fingerprint density at radius 1 is 0.871 bits per heavy atom. The fourth-order valence-corrected chi connectivity index (χ4v) is 6.86. The van der Waals surface area contributed by atoms with Crippen molar-refractivity contribution in [2.45, 2.75) is 102 Å². The zero-order chi connectivity index (χ0) is 22.4. The molecule has 3 rings (SSSR count). The average molecular weight is 455 g/mol. The SMILES string of the molecule is CCCN(CC1CC1)C(=O)C1CCC(NC(=O)CC2CCC(S(=O)(=O)CC)CC2)CC1. The van der Waals surface area contributed by atoms with Crippen molar-refractivity contribution in [2.75, 3.05) is 18.8 Å². The molecule has 0 aliphatic heterocycles. The number of amides is 2. The molecule has 0 atom stereocenters. The maximum atomic E-state index is 13.0. The minimum atomic E-state index is -2.95. The van der Waals surface area contributed by atoms with Gasteiger partial charge >= 0.3 is 0 Å². The topological polar surface area (TPSA) is 83.6 Å². The third kappa shape index (κ3) is 7.19. The summed E-state index contributed by atoms with van der Waals surface area (Å²) in [6, 6.07) is 0.177. The lowest BCUT2D eigenvalue weighted by Gasteiger charge is -2.33. The lowest BCUT2D eigenvalue weighted by molar-refractivity contribution is -0.137. The van der Waals surface area contributed by atoms with E-state index >= 15 is 0 Å². The number of carbonyl (C=O) groups is 2. The molecule has 7 heteroatoms. The largest absolute Gasteiger partial charge is 0.353 e. The quantitative estimate of drug-likeness (QED) is 0.546. The van der Waals surface area contributed by atoms with Gasteiger partial charge in [-0.3, -0.25) is 9.59 Å². The van der Waals surface area contributed by atoms with Crippen LogP contribution in [0.1, 0.15) is 90.9 Å². The van der Waals surface area contributed by atoms with Crippen LogP contribution in [0.25, 0.3) is 0 Å². The Morgan fingerprint density at radius 2 is 1.48 bits per heavy atom. The summed E-state index contributed by atoms with van der Waals surface area (Å²) in [6.45, 7) is 5.65. The second kappa shape index (κ2) is 11.2. The predicted molar refractivity (Wildman–Crippen MR) is 123 cm³/mol. The number of rotatable bonds is 10. The van der Waals surface area contributed by atoms with Gasteiger partial charge in [0.05, 0.1) is 5.25 Å². The molecule has 0 spiro atoms. The van der Waals surface area contributed by atoms with Gasteiger partial charge in [-0.1, -0.05) is 13.8 Å². The number of carbonyl (C=O) groups excluding carboxylic acids is 2. The Kier molecular flexibility index (Phi) is 8.82. The Balaban J connectivity index is 1.36. The summed E-state index contributed by atoms with van der Waals surface area (Å²) in [5.74, 6) is 1.78. The second-order valence-corrected chi connectivity index (χ2v) is 12.7. The van der Waals surface area contributed by atoms with Crippen molar-refractivity contribution in [1.82, 2.24) is 10.2 Å². The number of hydrogen-bond donors (Lipinski definition) is 1. The maximum absolute atomic E-state index is 13.0. The Hall–Kier alpha value is -1.11. The van der Waals surface area contributed by atoms with E-state index in [1.165, 1.54) is 12.8 Å². The number of sulfone groups is 1. The van der Waals surface area contributed by atoms with E-state index in [2.05, 4.69) is 17.1 Å². The molecule has 0 unspecified atom stereocenters. The third-order valence-electron chi connectivity index (χ3n) is 7.60. The average Bonchev–Trinajstić information content (AvgIpc) is 3.58. The minimum absolute atomic E-state index is 0.0953. The van der Waals surface area contributed by atoms with Crippen LogP contribution in [0.4, 0.5) is 0 Å². The van der Waals surface area contributed by atoms with Crippen molar-refractivity contribution in [3.05, 3.63) is 0 Å². The number of nitrogens with zero attached hydrogens (tertiary/aromatic N) is 1. The summed E-state index contributed by atoms with van der Waals surface area (Å²) in [6.07, 6.45) is 10.6. The highest BCUT2D eigenvalue weighted by atomic mass is 32.2. The molecule has 3 aliphatic carbocycles. The molecule has 0 aromatic rings. The van der Waals surface area contributed by atoms with Gasteiger partial charge in [-0.05, 0) is 82.5 Å². The van der Waals surface area contributed by atoms with E-state index in [0.29, 0.717) is 31.1 Å². The molecule has 31 heavy (non-hydrogen) atoms. The maximum Gasteiger partial charge on any atom is 0.225 e. The molecule has 0 saturated heterocycles. The second-order valence-electron chi connectivity index (χ2n) is 10.1. The number of hydrogen-bond acceptors (Lipinski definition) is 4. The molecule has 3 fully saturated rings. The normalized spacial score (nSPS) is 29.4. The summed E-state index contributed by atoms with van der Waals surface area (Å²) in [4.78, 5) is 27.6. The summed E-state index contributed by atoms with van der Waals surface area (Å²) >= 11 is 0. The van der Waals surface area contributed by atoms with E-state index in [-0.39, 0.29) is 28.9 Å². The molecule has 0 radical (unpaired) electrons. The minimum Gasteiger partial charge on any atom is -0.353 e. The Morgan fingerprint density at radius 3 is 2.03 bits per heavy atom. The van der Waals surface area contributed by atoms with Gasteiger partial charge in [0, 0.05) is 37.2 Å². The highest BCUT2D eigenvalue weighted by Gasteiger charge is 2.34. The highest BCUT2D eigenvalue weighted by Crippen LogP contribution is 2.33. The van der Waals surface area contributed by atoms with Crippen LogP contribution in [0.3, 0.4) is 0 Å². The first-order chi connectivity index (χ1) is 14.8. The molecule has 1 N–H and O–H groups in total. The van der Waals surface area contributed by atoms with Gasteiger partial charge in [-0.25, -0.2) is 8.42 Å². The third-order valence-corrected chi connectivity index (χ3v) is 9.89. The van der Waals surface area contributed by atoms with Crippen molar-refractivity contribution in [1.29, 1.82) is 0 Å². The smallest absolute Gasteiger partial charge is 0.225 e. The summed E-state index contributed by atoms with van der Waals surface area (Å²) in [5, 5.41) is 2.98. The van der Waals surface area contributed by atoms with Gasteiger partial charge in [0.1, 0.15) is 0 Å². The van der Waals surface area contributed by atoms with Crippen molar-refractivity contribution in [3.63, 3.8) is 0 Å². The molecule has 178 valence electrons. The van der Waals surface area contributed by atoms with E-state index in [9.17, 15) is 18.0 Å². The molecule has 0 aromatic heterocycles. The van der Waals surface area contributed by atoms with Crippen LogP contribution in [0.5, 0.6) is 0 Å². The molecule has 0 aromatic carbocycles. The molecule has 2 amide bonds. The van der Waals surface area contributed by atoms with Gasteiger partial charge in [0.15, 0.2) is 9.84 Å². The molecular weight excluding hydrogens is 412 g/mol. The summed E-state index contributed by atoms with van der Waals surface area (Å²) in [5.41, 5.74) is 0. The summed E-state index contributed by atoms with van der Waals surface area (Å²) < 4.78 is 24.1. The van der Waals surface area contributed by atoms with E-state index in [1.807, 2.05) is 0 Å². The van der Waals surface area contributed by atoms with Crippen molar-refractivity contribution in [3.8, 4) is 0 Å². The van der Waals surface area contributed by atoms with Crippen molar-refractivity contribution < 1.29 is 18.0 Å². The summed E-state index contributed by atoms with van der Waals surface area (Å²) in [7, 11) is -2.95. The van der Waals surface area contributed by atoms with Crippen LogP contribution in [0, 0.1) is 17.8 Å². The van der Waals surface area contributed by atoms with Crippen molar-refractivity contribution >= 4 is 21.7 Å². The highest BCUT2D eigenvalue weighted by molar-refractivity contribution is 7.92. The first-order valence-electron chi connectivity index (χ1n) is 12.6. The predicted octanol–water partition coefficient (Wildman–Crippen LogP) is 3.69.